The zero-order valence-electron chi connectivity index (χ0n) is 14.0. The zero-order chi connectivity index (χ0) is 17.8. The van der Waals surface area contributed by atoms with Crippen LogP contribution in [0.15, 0.2) is 65.6 Å². The summed E-state index contributed by atoms with van der Waals surface area (Å²) in [6.07, 6.45) is 4.62. The molecule has 4 rings (SSSR count). The lowest BCUT2D eigenvalue weighted by Crippen LogP contribution is -2.44. The molecule has 2 aromatic heterocycles. The molecule has 1 aromatic carbocycles. The second-order valence-electron chi connectivity index (χ2n) is 5.89. The Morgan fingerprint density at radius 3 is 2.88 bits per heavy atom. The van der Waals surface area contributed by atoms with Crippen LogP contribution in [0.4, 0.5) is 11.5 Å². The van der Waals surface area contributed by atoms with Crippen LogP contribution in [0, 0.1) is 0 Å². The standard InChI is InChI=1S/C19H18N4O3/c24-19(14-7-10-25-12-14)23-9-11-26-13-16(23)18-20-8-6-17(22-18)21-15-4-2-1-3-5-15/h1-8,10,12,16H,9,11,13H2,(H,20,21,22). The van der Waals surface area contributed by atoms with E-state index in [1.165, 1.54) is 12.5 Å². The van der Waals surface area contributed by atoms with Crippen LogP contribution in [0.3, 0.4) is 0 Å². The number of ether oxygens (including phenoxy) is 1. The summed E-state index contributed by atoms with van der Waals surface area (Å²) in [5.41, 5.74) is 1.44. The van der Waals surface area contributed by atoms with Gasteiger partial charge in [-0.15, -0.1) is 0 Å². The van der Waals surface area contributed by atoms with Crippen molar-refractivity contribution in [3.63, 3.8) is 0 Å². The minimum atomic E-state index is -0.344. The topological polar surface area (TPSA) is 80.5 Å². The fraction of sp³-hybridized carbons (Fsp3) is 0.211. The lowest BCUT2D eigenvalue weighted by molar-refractivity contribution is -0.00522. The van der Waals surface area contributed by atoms with E-state index in [4.69, 9.17) is 9.15 Å². The van der Waals surface area contributed by atoms with E-state index in [1.54, 1.807) is 23.2 Å². The van der Waals surface area contributed by atoms with Gasteiger partial charge in [0, 0.05) is 18.4 Å². The molecule has 132 valence electrons. The number of nitrogens with zero attached hydrogens (tertiary/aromatic N) is 3. The van der Waals surface area contributed by atoms with Gasteiger partial charge in [-0.3, -0.25) is 4.79 Å². The maximum Gasteiger partial charge on any atom is 0.257 e. The lowest BCUT2D eigenvalue weighted by Gasteiger charge is -2.34. The monoisotopic (exact) mass is 350 g/mol. The molecule has 0 spiro atoms. The van der Waals surface area contributed by atoms with Crippen molar-refractivity contribution in [2.24, 2.45) is 0 Å². The number of amides is 1. The molecule has 1 aliphatic rings. The first-order chi connectivity index (χ1) is 12.8. The van der Waals surface area contributed by atoms with Crippen LogP contribution < -0.4 is 5.32 Å². The van der Waals surface area contributed by atoms with Crippen molar-refractivity contribution in [2.75, 3.05) is 25.1 Å². The van der Waals surface area contributed by atoms with E-state index >= 15 is 0 Å². The first kappa shape index (κ1) is 16.3. The highest BCUT2D eigenvalue weighted by Crippen LogP contribution is 2.25. The highest BCUT2D eigenvalue weighted by atomic mass is 16.5. The van der Waals surface area contributed by atoms with E-state index in [1.807, 2.05) is 30.3 Å². The van der Waals surface area contributed by atoms with Gasteiger partial charge in [0.2, 0.25) is 0 Å². The van der Waals surface area contributed by atoms with Crippen LogP contribution in [-0.4, -0.2) is 40.5 Å². The van der Waals surface area contributed by atoms with Crippen LogP contribution in [0.25, 0.3) is 0 Å². The molecule has 1 N–H and O–H groups in total. The van der Waals surface area contributed by atoms with Gasteiger partial charge in [-0.05, 0) is 24.3 Å². The number of hydrogen-bond acceptors (Lipinski definition) is 6. The van der Waals surface area contributed by atoms with Crippen molar-refractivity contribution in [3.05, 3.63) is 72.6 Å². The number of aromatic nitrogens is 2. The molecule has 0 bridgehead atoms. The number of furan rings is 1. The number of nitrogens with one attached hydrogen (secondary N) is 1. The Hall–Kier alpha value is -3.19. The van der Waals surface area contributed by atoms with Crippen LogP contribution >= 0.6 is 0 Å². The molecule has 7 nitrogen and oxygen atoms in total. The smallest absolute Gasteiger partial charge is 0.257 e. The van der Waals surface area contributed by atoms with Crippen molar-refractivity contribution in [1.29, 1.82) is 0 Å². The number of carbonyl (C=O) groups excluding carboxylic acids is 1. The second kappa shape index (κ2) is 7.37. The summed E-state index contributed by atoms with van der Waals surface area (Å²) >= 11 is 0. The van der Waals surface area contributed by atoms with Gasteiger partial charge in [-0.25, -0.2) is 9.97 Å². The largest absolute Gasteiger partial charge is 0.472 e. The number of rotatable bonds is 4. The van der Waals surface area contributed by atoms with Crippen molar-refractivity contribution in [3.8, 4) is 0 Å². The van der Waals surface area contributed by atoms with Crippen LogP contribution in [0.2, 0.25) is 0 Å². The molecule has 1 saturated heterocycles. The predicted molar refractivity (Wildman–Crippen MR) is 95.1 cm³/mol. The van der Waals surface area contributed by atoms with Gasteiger partial charge in [-0.2, -0.15) is 0 Å². The molecule has 3 heterocycles. The minimum absolute atomic E-state index is 0.114. The first-order valence-electron chi connectivity index (χ1n) is 8.37. The Kier molecular flexibility index (Phi) is 4.61. The minimum Gasteiger partial charge on any atom is -0.472 e. The van der Waals surface area contributed by atoms with Crippen LogP contribution in [0.5, 0.6) is 0 Å². The highest BCUT2D eigenvalue weighted by Gasteiger charge is 2.31. The first-order valence-corrected chi connectivity index (χ1v) is 8.37. The quantitative estimate of drug-likeness (QED) is 0.779. The summed E-state index contributed by atoms with van der Waals surface area (Å²) in [6, 6.07) is 12.9. The molecule has 0 saturated carbocycles. The Morgan fingerprint density at radius 2 is 2.08 bits per heavy atom. The summed E-state index contributed by atoms with van der Waals surface area (Å²) in [4.78, 5) is 23.4. The predicted octanol–water partition coefficient (Wildman–Crippen LogP) is 3.03. The summed E-state index contributed by atoms with van der Waals surface area (Å²) in [5.74, 6) is 1.10. The molecule has 0 radical (unpaired) electrons. The Balaban J connectivity index is 1.58. The maximum absolute atomic E-state index is 12.8. The van der Waals surface area contributed by atoms with Crippen LogP contribution in [-0.2, 0) is 4.74 Å². The normalized spacial score (nSPS) is 17.1. The number of hydrogen-bond donors (Lipinski definition) is 1. The average Bonchev–Trinajstić information content (AvgIpc) is 3.23. The van der Waals surface area contributed by atoms with Gasteiger partial charge >= 0.3 is 0 Å². The van der Waals surface area contributed by atoms with Gasteiger partial charge in [0.25, 0.3) is 5.91 Å². The molecule has 1 fully saturated rings. The number of benzene rings is 1. The van der Waals surface area contributed by atoms with Gasteiger partial charge in [0.1, 0.15) is 18.1 Å². The van der Waals surface area contributed by atoms with Gasteiger partial charge in [0.05, 0.1) is 25.0 Å². The zero-order valence-corrected chi connectivity index (χ0v) is 14.0. The fourth-order valence-corrected chi connectivity index (χ4v) is 2.89. The third-order valence-corrected chi connectivity index (χ3v) is 4.18. The van der Waals surface area contributed by atoms with Crippen molar-refractivity contribution in [1.82, 2.24) is 14.9 Å². The average molecular weight is 350 g/mol. The number of morpholine rings is 1. The van der Waals surface area contributed by atoms with Crippen molar-refractivity contribution in [2.45, 2.75) is 6.04 Å². The Labute approximate surface area is 150 Å². The molecule has 26 heavy (non-hydrogen) atoms. The van der Waals surface area contributed by atoms with Gasteiger partial charge in [0.15, 0.2) is 5.82 Å². The molecule has 3 aromatic rings. The molecular weight excluding hydrogens is 332 g/mol. The molecule has 7 heteroatoms. The number of para-hydroxylation sites is 1. The SMILES string of the molecule is O=C(c1ccoc1)N1CCOCC1c1nccc(Nc2ccccc2)n1. The molecule has 0 aliphatic carbocycles. The summed E-state index contributed by atoms with van der Waals surface area (Å²) < 4.78 is 10.6. The fourth-order valence-electron chi connectivity index (χ4n) is 2.89. The molecule has 1 atom stereocenters. The van der Waals surface area contributed by atoms with E-state index < -0.39 is 0 Å². The molecule has 1 aliphatic heterocycles. The summed E-state index contributed by atoms with van der Waals surface area (Å²) in [7, 11) is 0. The summed E-state index contributed by atoms with van der Waals surface area (Å²) in [5, 5.41) is 3.24. The van der Waals surface area contributed by atoms with Crippen LogP contribution in [0.1, 0.15) is 22.2 Å². The lowest BCUT2D eigenvalue weighted by atomic mass is 10.1. The van der Waals surface area contributed by atoms with E-state index in [2.05, 4.69) is 15.3 Å². The van der Waals surface area contributed by atoms with Gasteiger partial charge in [-0.1, -0.05) is 18.2 Å². The van der Waals surface area contributed by atoms with E-state index in [0.29, 0.717) is 37.0 Å². The molecular formula is C19H18N4O3. The maximum atomic E-state index is 12.8. The third-order valence-electron chi connectivity index (χ3n) is 4.18. The highest BCUT2D eigenvalue weighted by molar-refractivity contribution is 5.94. The van der Waals surface area contributed by atoms with Crippen molar-refractivity contribution < 1.29 is 13.9 Å². The summed E-state index contributed by atoms with van der Waals surface area (Å²) in [6.45, 7) is 1.33. The van der Waals surface area contributed by atoms with Crippen molar-refractivity contribution >= 4 is 17.4 Å². The molecule has 1 unspecified atom stereocenters. The Bertz CT molecular complexity index is 868. The third kappa shape index (κ3) is 3.43. The molecule has 1 amide bonds. The van der Waals surface area contributed by atoms with E-state index in [0.717, 1.165) is 5.69 Å². The second-order valence-corrected chi connectivity index (χ2v) is 5.89. The Morgan fingerprint density at radius 1 is 1.19 bits per heavy atom. The number of carbonyl (C=O) groups is 1. The number of anilines is 2. The van der Waals surface area contributed by atoms with E-state index in [9.17, 15) is 4.79 Å². The van der Waals surface area contributed by atoms with E-state index in [-0.39, 0.29) is 11.9 Å². The van der Waals surface area contributed by atoms with Gasteiger partial charge < -0.3 is 19.4 Å².